The van der Waals surface area contributed by atoms with Crippen molar-refractivity contribution in [2.45, 2.75) is 12.8 Å². The molecule has 0 bridgehead atoms. The number of hydrogen-bond acceptors (Lipinski definition) is 5. The number of hydrogen-bond donors (Lipinski definition) is 0. The molecule has 1 aromatic carbocycles. The van der Waals surface area contributed by atoms with Crippen molar-refractivity contribution in [1.82, 2.24) is 19.9 Å². The first-order valence-electron chi connectivity index (χ1n) is 9.49. The summed E-state index contributed by atoms with van der Waals surface area (Å²) >= 11 is 0. The van der Waals surface area contributed by atoms with Crippen LogP contribution in [0.1, 0.15) is 23.2 Å². The van der Waals surface area contributed by atoms with E-state index < -0.39 is 0 Å². The largest absolute Gasteiger partial charge is 0.477 e. The minimum absolute atomic E-state index is 0.0741. The van der Waals surface area contributed by atoms with Gasteiger partial charge in [0.2, 0.25) is 5.88 Å². The Bertz CT molecular complexity index is 910. The van der Waals surface area contributed by atoms with E-state index in [1.807, 2.05) is 41.3 Å². The number of likely N-dealkylation sites (tertiary alicyclic amines) is 1. The lowest BCUT2D eigenvalue weighted by Gasteiger charge is -2.31. The molecule has 2 aromatic heterocycles. The molecule has 0 saturated carbocycles. The van der Waals surface area contributed by atoms with Crippen LogP contribution in [0, 0.1) is 5.92 Å². The van der Waals surface area contributed by atoms with Crippen LogP contribution in [-0.4, -0.2) is 45.5 Å². The molecule has 3 heterocycles. The van der Waals surface area contributed by atoms with E-state index in [4.69, 9.17) is 4.74 Å². The van der Waals surface area contributed by atoms with E-state index >= 15 is 0 Å². The molecule has 1 saturated heterocycles. The van der Waals surface area contributed by atoms with E-state index in [1.54, 1.807) is 24.5 Å². The van der Waals surface area contributed by atoms with Crippen LogP contribution in [0.4, 0.5) is 0 Å². The molecule has 1 aliphatic heterocycles. The monoisotopic (exact) mass is 374 g/mol. The van der Waals surface area contributed by atoms with Gasteiger partial charge in [-0.1, -0.05) is 30.3 Å². The van der Waals surface area contributed by atoms with Gasteiger partial charge in [0.1, 0.15) is 6.33 Å². The van der Waals surface area contributed by atoms with Crippen LogP contribution in [0.25, 0.3) is 11.3 Å². The molecule has 142 valence electrons. The van der Waals surface area contributed by atoms with Crippen LogP contribution in [0.5, 0.6) is 5.88 Å². The number of aromatic nitrogens is 3. The van der Waals surface area contributed by atoms with E-state index in [1.165, 1.54) is 6.33 Å². The Morgan fingerprint density at radius 2 is 1.79 bits per heavy atom. The molecule has 0 aliphatic carbocycles. The molecular formula is C22H22N4O2. The summed E-state index contributed by atoms with van der Waals surface area (Å²) in [6.07, 6.45) is 6.69. The third-order valence-electron chi connectivity index (χ3n) is 5.01. The highest BCUT2D eigenvalue weighted by Crippen LogP contribution is 2.22. The van der Waals surface area contributed by atoms with Gasteiger partial charge in [0.15, 0.2) is 0 Å². The number of ether oxygens (including phenoxy) is 1. The molecular weight excluding hydrogens is 352 g/mol. The van der Waals surface area contributed by atoms with Crippen molar-refractivity contribution in [2.75, 3.05) is 19.7 Å². The lowest BCUT2D eigenvalue weighted by molar-refractivity contribution is 0.0659. The first-order valence-corrected chi connectivity index (χ1v) is 9.49. The lowest BCUT2D eigenvalue weighted by atomic mass is 9.97. The highest BCUT2D eigenvalue weighted by molar-refractivity contribution is 5.94. The minimum Gasteiger partial charge on any atom is -0.477 e. The van der Waals surface area contributed by atoms with Gasteiger partial charge in [-0.3, -0.25) is 9.78 Å². The highest BCUT2D eigenvalue weighted by atomic mass is 16.5. The molecule has 0 atom stereocenters. The number of carbonyl (C=O) groups excluding carboxylic acids is 1. The van der Waals surface area contributed by atoms with Gasteiger partial charge in [0, 0.05) is 42.7 Å². The summed E-state index contributed by atoms with van der Waals surface area (Å²) in [5.41, 5.74) is 2.58. The molecule has 6 heteroatoms. The smallest absolute Gasteiger partial charge is 0.253 e. The predicted octanol–water partition coefficient (Wildman–Crippen LogP) is 3.47. The summed E-state index contributed by atoms with van der Waals surface area (Å²) < 4.78 is 5.93. The maximum atomic E-state index is 12.5. The Morgan fingerprint density at radius 3 is 2.54 bits per heavy atom. The second-order valence-electron chi connectivity index (χ2n) is 6.89. The zero-order chi connectivity index (χ0) is 19.2. The third kappa shape index (κ3) is 4.34. The van der Waals surface area contributed by atoms with Gasteiger partial charge in [-0.25, -0.2) is 9.97 Å². The molecule has 1 fully saturated rings. The van der Waals surface area contributed by atoms with E-state index in [2.05, 4.69) is 15.0 Å². The molecule has 0 unspecified atom stereocenters. The minimum atomic E-state index is 0.0741. The van der Waals surface area contributed by atoms with Gasteiger partial charge in [-0.05, 0) is 30.9 Å². The summed E-state index contributed by atoms with van der Waals surface area (Å²) in [6, 6.07) is 15.4. The van der Waals surface area contributed by atoms with Crippen LogP contribution in [0.2, 0.25) is 0 Å². The number of pyridine rings is 1. The maximum absolute atomic E-state index is 12.5. The standard InChI is InChI=1S/C22H22N4O2/c27-22(19-6-10-23-11-7-19)26-12-8-17(9-13-26)15-28-21-14-20(24-16-25-21)18-4-2-1-3-5-18/h1-7,10-11,14,16-17H,8-9,12-13,15H2. The van der Waals surface area contributed by atoms with Gasteiger partial charge in [0.05, 0.1) is 12.3 Å². The second-order valence-corrected chi connectivity index (χ2v) is 6.89. The van der Waals surface area contributed by atoms with Gasteiger partial charge in [0.25, 0.3) is 5.91 Å². The molecule has 28 heavy (non-hydrogen) atoms. The fraction of sp³-hybridized carbons (Fsp3) is 0.273. The van der Waals surface area contributed by atoms with Gasteiger partial charge in [-0.2, -0.15) is 0 Å². The van der Waals surface area contributed by atoms with Crippen molar-refractivity contribution in [3.8, 4) is 17.1 Å². The molecule has 3 aromatic rings. The zero-order valence-electron chi connectivity index (χ0n) is 15.6. The highest BCUT2D eigenvalue weighted by Gasteiger charge is 2.24. The Kier molecular flexibility index (Phi) is 5.56. The summed E-state index contributed by atoms with van der Waals surface area (Å²) in [4.78, 5) is 26.9. The SMILES string of the molecule is O=C(c1ccncc1)N1CCC(COc2cc(-c3ccccc3)ncn2)CC1. The van der Waals surface area contributed by atoms with Crippen LogP contribution in [0.3, 0.4) is 0 Å². The first-order chi connectivity index (χ1) is 13.8. The van der Waals surface area contributed by atoms with Crippen molar-refractivity contribution >= 4 is 5.91 Å². The second kappa shape index (κ2) is 8.61. The van der Waals surface area contributed by atoms with Crippen molar-refractivity contribution in [1.29, 1.82) is 0 Å². The predicted molar refractivity (Wildman–Crippen MR) is 106 cm³/mol. The lowest BCUT2D eigenvalue weighted by Crippen LogP contribution is -2.39. The number of rotatable bonds is 5. The van der Waals surface area contributed by atoms with Crippen LogP contribution < -0.4 is 4.74 Å². The van der Waals surface area contributed by atoms with Crippen molar-refractivity contribution in [3.05, 3.63) is 72.8 Å². The van der Waals surface area contributed by atoms with Crippen molar-refractivity contribution in [2.24, 2.45) is 5.92 Å². The van der Waals surface area contributed by atoms with E-state index in [0.29, 0.717) is 24.0 Å². The Morgan fingerprint density at radius 1 is 1.04 bits per heavy atom. The first kappa shape index (κ1) is 18.1. The fourth-order valence-corrected chi connectivity index (χ4v) is 3.37. The zero-order valence-corrected chi connectivity index (χ0v) is 15.6. The number of amides is 1. The topological polar surface area (TPSA) is 68.2 Å². The molecule has 1 amide bonds. The Labute approximate surface area is 164 Å². The summed E-state index contributed by atoms with van der Waals surface area (Å²) in [7, 11) is 0. The summed E-state index contributed by atoms with van der Waals surface area (Å²) in [5, 5.41) is 0. The van der Waals surface area contributed by atoms with Crippen molar-refractivity contribution in [3.63, 3.8) is 0 Å². The number of benzene rings is 1. The molecule has 1 aliphatic rings. The van der Waals surface area contributed by atoms with Crippen LogP contribution in [0.15, 0.2) is 67.3 Å². The maximum Gasteiger partial charge on any atom is 0.253 e. The number of nitrogens with zero attached hydrogens (tertiary/aromatic N) is 4. The van der Waals surface area contributed by atoms with Gasteiger partial charge >= 0.3 is 0 Å². The normalized spacial score (nSPS) is 14.6. The molecule has 4 rings (SSSR count). The number of piperidine rings is 1. The average molecular weight is 374 g/mol. The molecule has 0 N–H and O–H groups in total. The molecule has 0 radical (unpaired) electrons. The summed E-state index contributed by atoms with van der Waals surface area (Å²) in [6.45, 7) is 2.09. The third-order valence-corrected chi connectivity index (χ3v) is 5.01. The quantitative estimate of drug-likeness (QED) is 0.684. The fourth-order valence-electron chi connectivity index (χ4n) is 3.37. The van der Waals surface area contributed by atoms with Gasteiger partial charge in [-0.15, -0.1) is 0 Å². The van der Waals surface area contributed by atoms with Crippen LogP contribution in [-0.2, 0) is 0 Å². The van der Waals surface area contributed by atoms with Crippen LogP contribution >= 0.6 is 0 Å². The molecule has 6 nitrogen and oxygen atoms in total. The molecule has 0 spiro atoms. The summed E-state index contributed by atoms with van der Waals surface area (Å²) in [5.74, 6) is 1.07. The van der Waals surface area contributed by atoms with E-state index in [-0.39, 0.29) is 5.91 Å². The van der Waals surface area contributed by atoms with E-state index in [9.17, 15) is 4.79 Å². The van der Waals surface area contributed by atoms with Gasteiger partial charge < -0.3 is 9.64 Å². The average Bonchev–Trinajstić information content (AvgIpc) is 2.79. The number of carbonyl (C=O) groups is 1. The van der Waals surface area contributed by atoms with Crippen molar-refractivity contribution < 1.29 is 9.53 Å². The Hall–Kier alpha value is -3.28. The Balaban J connectivity index is 1.30. The van der Waals surface area contributed by atoms with E-state index in [0.717, 1.165) is 37.2 Å².